The predicted molar refractivity (Wildman–Crippen MR) is 94.9 cm³/mol. The molecule has 0 saturated heterocycles. The summed E-state index contributed by atoms with van der Waals surface area (Å²) in [7, 11) is 0. The Kier molecular flexibility index (Phi) is 7.03. The van der Waals surface area contributed by atoms with Crippen LogP contribution in [0.1, 0.15) is 32.6 Å². The van der Waals surface area contributed by atoms with Crippen molar-refractivity contribution in [2.24, 2.45) is 5.73 Å². The highest BCUT2D eigenvalue weighted by atomic mass is 32.1. The van der Waals surface area contributed by atoms with Gasteiger partial charge in [-0.2, -0.15) is 0 Å². The molecular formula is C17H23N3O2S. The number of carbonyl (C=O) groups excluding carboxylic acids is 1. The van der Waals surface area contributed by atoms with E-state index >= 15 is 0 Å². The number of benzene rings is 1. The van der Waals surface area contributed by atoms with Crippen LogP contribution in [0, 0.1) is 0 Å². The Morgan fingerprint density at radius 2 is 2.17 bits per heavy atom. The first-order chi connectivity index (χ1) is 11.2. The van der Waals surface area contributed by atoms with Gasteiger partial charge in [0.2, 0.25) is 5.91 Å². The number of para-hydroxylation sites is 1. The maximum Gasteiger partial charge on any atom is 0.226 e. The first-order valence-electron chi connectivity index (χ1n) is 7.92. The molecule has 3 N–H and O–H groups in total. The van der Waals surface area contributed by atoms with Crippen LogP contribution in [-0.2, 0) is 4.79 Å². The van der Waals surface area contributed by atoms with Gasteiger partial charge in [-0.1, -0.05) is 25.5 Å². The fourth-order valence-electron chi connectivity index (χ4n) is 2.03. The normalized spacial score (nSPS) is 10.5. The van der Waals surface area contributed by atoms with Crippen LogP contribution in [-0.4, -0.2) is 24.0 Å². The van der Waals surface area contributed by atoms with Crippen molar-refractivity contribution < 1.29 is 9.53 Å². The van der Waals surface area contributed by atoms with Crippen LogP contribution in [0.5, 0.6) is 5.75 Å². The van der Waals surface area contributed by atoms with E-state index < -0.39 is 0 Å². The fraction of sp³-hybridized carbons (Fsp3) is 0.412. The molecule has 0 bridgehead atoms. The molecule has 23 heavy (non-hydrogen) atoms. The number of nitrogens with zero attached hydrogens (tertiary/aromatic N) is 1. The maximum atomic E-state index is 11.7. The van der Waals surface area contributed by atoms with Crippen molar-refractivity contribution in [2.75, 3.05) is 18.5 Å². The van der Waals surface area contributed by atoms with Gasteiger partial charge in [-0.3, -0.25) is 4.79 Å². The minimum Gasteiger partial charge on any atom is -0.493 e. The number of rotatable bonds is 9. The summed E-state index contributed by atoms with van der Waals surface area (Å²) in [6.07, 6.45) is 3.21. The maximum absolute atomic E-state index is 11.7. The van der Waals surface area contributed by atoms with Gasteiger partial charge in [0.15, 0.2) is 5.13 Å². The lowest BCUT2D eigenvalue weighted by molar-refractivity contribution is -0.116. The van der Waals surface area contributed by atoms with E-state index in [-0.39, 0.29) is 5.91 Å². The Labute approximate surface area is 140 Å². The van der Waals surface area contributed by atoms with E-state index in [0.717, 1.165) is 29.8 Å². The lowest BCUT2D eigenvalue weighted by atomic mass is 10.1. The molecular weight excluding hydrogens is 310 g/mol. The zero-order chi connectivity index (χ0) is 16.5. The summed E-state index contributed by atoms with van der Waals surface area (Å²) >= 11 is 1.41. The van der Waals surface area contributed by atoms with E-state index in [2.05, 4.69) is 17.2 Å². The summed E-state index contributed by atoms with van der Waals surface area (Å²) in [6, 6.07) is 7.84. The summed E-state index contributed by atoms with van der Waals surface area (Å²) in [5.74, 6) is 0.774. The molecule has 6 heteroatoms. The zero-order valence-corrected chi connectivity index (χ0v) is 14.2. The molecule has 0 aliphatic heterocycles. The number of nitrogens with two attached hydrogens (primary N) is 1. The Bertz CT molecular complexity index is 628. The van der Waals surface area contributed by atoms with E-state index in [9.17, 15) is 4.79 Å². The molecule has 0 aliphatic rings. The Balaban J connectivity index is 2.06. The van der Waals surface area contributed by atoms with Crippen molar-refractivity contribution in [3.05, 3.63) is 29.6 Å². The largest absolute Gasteiger partial charge is 0.493 e. The predicted octanol–water partition coefficient (Wildman–Crippen LogP) is 3.67. The summed E-state index contributed by atoms with van der Waals surface area (Å²) < 4.78 is 5.84. The number of ether oxygens (including phenoxy) is 1. The number of anilines is 1. The quantitative estimate of drug-likeness (QED) is 0.686. The first-order valence-corrected chi connectivity index (χ1v) is 8.80. The van der Waals surface area contributed by atoms with Gasteiger partial charge in [0, 0.05) is 17.4 Å². The van der Waals surface area contributed by atoms with Gasteiger partial charge in [-0.05, 0) is 31.5 Å². The summed E-state index contributed by atoms with van der Waals surface area (Å²) in [4.78, 5) is 16.2. The van der Waals surface area contributed by atoms with E-state index in [1.54, 1.807) is 0 Å². The van der Waals surface area contributed by atoms with Crippen molar-refractivity contribution in [1.29, 1.82) is 0 Å². The second-order valence-electron chi connectivity index (χ2n) is 5.18. The third kappa shape index (κ3) is 5.33. The van der Waals surface area contributed by atoms with Crippen LogP contribution < -0.4 is 15.8 Å². The van der Waals surface area contributed by atoms with Crippen molar-refractivity contribution in [3.63, 3.8) is 0 Å². The molecule has 0 radical (unpaired) electrons. The van der Waals surface area contributed by atoms with Crippen LogP contribution in [0.2, 0.25) is 0 Å². The molecule has 1 aromatic heterocycles. The summed E-state index contributed by atoms with van der Waals surface area (Å²) in [5.41, 5.74) is 7.17. The molecule has 0 spiro atoms. The molecule has 0 atom stereocenters. The number of aromatic nitrogens is 1. The standard InChI is InChI=1S/C17H23N3O2S/c1-2-3-11-22-15-8-5-4-7-13(15)14-12-23-17(19-14)20-16(21)9-6-10-18/h4-5,7-8,12H,2-3,6,9-11,18H2,1H3,(H,19,20,21). The molecule has 2 aromatic rings. The van der Waals surface area contributed by atoms with E-state index in [1.807, 2.05) is 29.6 Å². The second-order valence-corrected chi connectivity index (χ2v) is 6.03. The average Bonchev–Trinajstić information content (AvgIpc) is 3.02. The van der Waals surface area contributed by atoms with Gasteiger partial charge in [0.05, 0.1) is 12.3 Å². The molecule has 1 aromatic carbocycles. The highest BCUT2D eigenvalue weighted by Crippen LogP contribution is 2.32. The lowest BCUT2D eigenvalue weighted by Crippen LogP contribution is -2.13. The van der Waals surface area contributed by atoms with Crippen LogP contribution in [0.25, 0.3) is 11.3 Å². The van der Waals surface area contributed by atoms with E-state index in [1.165, 1.54) is 11.3 Å². The van der Waals surface area contributed by atoms with E-state index in [4.69, 9.17) is 10.5 Å². The van der Waals surface area contributed by atoms with Gasteiger partial charge in [-0.25, -0.2) is 4.98 Å². The Hall–Kier alpha value is -1.92. The number of nitrogens with one attached hydrogen (secondary N) is 1. The molecule has 2 rings (SSSR count). The molecule has 1 heterocycles. The number of amides is 1. The summed E-state index contributed by atoms with van der Waals surface area (Å²) in [6.45, 7) is 3.34. The van der Waals surface area contributed by atoms with Gasteiger partial charge < -0.3 is 15.8 Å². The van der Waals surface area contributed by atoms with Crippen molar-refractivity contribution in [3.8, 4) is 17.0 Å². The smallest absolute Gasteiger partial charge is 0.226 e. The fourth-order valence-corrected chi connectivity index (χ4v) is 2.76. The molecule has 124 valence electrons. The highest BCUT2D eigenvalue weighted by molar-refractivity contribution is 7.14. The number of unbranched alkanes of at least 4 members (excludes halogenated alkanes) is 1. The SMILES string of the molecule is CCCCOc1ccccc1-c1csc(NC(=O)CCCN)n1. The molecule has 0 saturated carbocycles. The van der Waals surface area contributed by atoms with E-state index in [0.29, 0.717) is 31.1 Å². The van der Waals surface area contributed by atoms with Gasteiger partial charge in [-0.15, -0.1) is 11.3 Å². The number of carbonyl (C=O) groups is 1. The van der Waals surface area contributed by atoms with Gasteiger partial charge >= 0.3 is 0 Å². The second kappa shape index (κ2) is 9.27. The average molecular weight is 333 g/mol. The molecule has 1 amide bonds. The van der Waals surface area contributed by atoms with Gasteiger partial charge in [0.25, 0.3) is 0 Å². The van der Waals surface area contributed by atoms with Crippen molar-refractivity contribution in [1.82, 2.24) is 4.98 Å². The molecule has 0 aliphatic carbocycles. The number of thiazole rings is 1. The number of hydrogen-bond donors (Lipinski definition) is 2. The molecule has 5 nitrogen and oxygen atoms in total. The Morgan fingerprint density at radius 3 is 2.96 bits per heavy atom. The minimum atomic E-state index is -0.0520. The van der Waals surface area contributed by atoms with Gasteiger partial charge in [0.1, 0.15) is 5.75 Å². The van der Waals surface area contributed by atoms with Crippen molar-refractivity contribution in [2.45, 2.75) is 32.6 Å². The van der Waals surface area contributed by atoms with Crippen molar-refractivity contribution >= 4 is 22.4 Å². The molecule has 0 unspecified atom stereocenters. The third-order valence-corrected chi connectivity index (χ3v) is 4.03. The zero-order valence-electron chi connectivity index (χ0n) is 13.4. The van der Waals surface area contributed by atoms with Crippen LogP contribution in [0.3, 0.4) is 0 Å². The highest BCUT2D eigenvalue weighted by Gasteiger charge is 2.11. The third-order valence-electron chi connectivity index (χ3n) is 3.28. The lowest BCUT2D eigenvalue weighted by Gasteiger charge is -2.09. The monoisotopic (exact) mass is 333 g/mol. The van der Waals surface area contributed by atoms with Crippen LogP contribution in [0.15, 0.2) is 29.6 Å². The van der Waals surface area contributed by atoms with Crippen LogP contribution in [0.4, 0.5) is 5.13 Å². The minimum absolute atomic E-state index is 0.0520. The number of hydrogen-bond acceptors (Lipinski definition) is 5. The Morgan fingerprint density at radius 1 is 1.35 bits per heavy atom. The molecule has 0 fully saturated rings. The topological polar surface area (TPSA) is 77.2 Å². The first kappa shape index (κ1) is 17.4. The summed E-state index contributed by atoms with van der Waals surface area (Å²) in [5, 5.41) is 5.34. The van der Waals surface area contributed by atoms with Crippen LogP contribution >= 0.6 is 11.3 Å².